The molecule has 0 amide bonds. The molecule has 1 aromatic rings. The van der Waals surface area contributed by atoms with E-state index in [1.54, 1.807) is 20.2 Å². The molecule has 1 atom stereocenters. The zero-order valence-corrected chi connectivity index (χ0v) is 18.3. The van der Waals surface area contributed by atoms with E-state index in [1.165, 1.54) is 6.07 Å². The molecule has 1 heterocycles. The molecular formula is C18H27F3IN3O3. The summed E-state index contributed by atoms with van der Waals surface area (Å²) < 4.78 is 54.8. The van der Waals surface area contributed by atoms with Crippen molar-refractivity contribution in [3.8, 4) is 0 Å². The van der Waals surface area contributed by atoms with Crippen molar-refractivity contribution in [2.24, 2.45) is 4.99 Å². The van der Waals surface area contributed by atoms with Gasteiger partial charge in [-0.05, 0) is 17.7 Å². The molecule has 1 saturated heterocycles. The molecule has 0 aliphatic carbocycles. The van der Waals surface area contributed by atoms with Gasteiger partial charge in [-0.25, -0.2) is 0 Å². The van der Waals surface area contributed by atoms with E-state index in [0.717, 1.165) is 12.1 Å². The van der Waals surface area contributed by atoms with E-state index < -0.39 is 17.8 Å². The Bertz CT molecular complexity index is 617. The average molecular weight is 517 g/mol. The number of benzene rings is 1. The summed E-state index contributed by atoms with van der Waals surface area (Å²) in [6, 6.07) is 5.27. The van der Waals surface area contributed by atoms with Crippen LogP contribution in [0.3, 0.4) is 0 Å². The fourth-order valence-electron chi connectivity index (χ4n) is 2.77. The van der Waals surface area contributed by atoms with Crippen LogP contribution in [-0.2, 0) is 20.4 Å². The first kappa shape index (κ1) is 24.9. The lowest BCUT2D eigenvalue weighted by atomic mass is 10.0. The van der Waals surface area contributed by atoms with Crippen molar-refractivity contribution < 1.29 is 27.4 Å². The minimum atomic E-state index is -4.37. The summed E-state index contributed by atoms with van der Waals surface area (Å²) >= 11 is 0. The van der Waals surface area contributed by atoms with Gasteiger partial charge in [0.05, 0.1) is 38.5 Å². The number of halogens is 4. The van der Waals surface area contributed by atoms with Gasteiger partial charge in [-0.2, -0.15) is 13.2 Å². The topological polar surface area (TPSA) is 55.3 Å². The second-order valence-electron chi connectivity index (χ2n) is 6.01. The first-order chi connectivity index (χ1) is 13.0. The third-order valence-corrected chi connectivity index (χ3v) is 4.12. The summed E-state index contributed by atoms with van der Waals surface area (Å²) in [6.45, 7) is 3.58. The van der Waals surface area contributed by atoms with E-state index in [4.69, 9.17) is 14.2 Å². The highest BCUT2D eigenvalue weighted by molar-refractivity contribution is 14.0. The maximum atomic E-state index is 12.9. The van der Waals surface area contributed by atoms with Gasteiger partial charge in [-0.1, -0.05) is 12.1 Å². The van der Waals surface area contributed by atoms with Gasteiger partial charge in [0.25, 0.3) is 0 Å². The standard InChI is InChI=1S/C18H26F3N3O3.HI/c1-22-17(23-6-8-26-11-10-25-2)24-7-9-27-16(13-24)14-4-3-5-15(12-14)18(19,20)21;/h3-5,12,16H,6-11,13H2,1-2H3,(H,22,23);1H. The number of rotatable bonds is 7. The van der Waals surface area contributed by atoms with E-state index in [2.05, 4.69) is 10.3 Å². The Morgan fingerprint density at radius 3 is 2.79 bits per heavy atom. The lowest BCUT2D eigenvalue weighted by Crippen LogP contribution is -2.48. The van der Waals surface area contributed by atoms with Crippen LogP contribution in [0, 0.1) is 0 Å². The normalized spacial score (nSPS) is 18.0. The molecule has 0 saturated carbocycles. The van der Waals surface area contributed by atoms with Gasteiger partial charge < -0.3 is 24.4 Å². The highest BCUT2D eigenvalue weighted by Gasteiger charge is 2.32. The number of morpholine rings is 1. The second-order valence-corrected chi connectivity index (χ2v) is 6.01. The van der Waals surface area contributed by atoms with Gasteiger partial charge in [0.1, 0.15) is 6.10 Å². The highest BCUT2D eigenvalue weighted by Crippen LogP contribution is 2.32. The van der Waals surface area contributed by atoms with Gasteiger partial charge in [-0.3, -0.25) is 4.99 Å². The van der Waals surface area contributed by atoms with Crippen molar-refractivity contribution in [1.82, 2.24) is 10.2 Å². The first-order valence-corrected chi connectivity index (χ1v) is 8.76. The molecule has 1 aromatic carbocycles. The predicted octanol–water partition coefficient (Wildman–Crippen LogP) is 2.94. The van der Waals surface area contributed by atoms with E-state index >= 15 is 0 Å². The molecule has 160 valence electrons. The van der Waals surface area contributed by atoms with Crippen LogP contribution < -0.4 is 5.32 Å². The number of ether oxygens (including phenoxy) is 3. The summed E-state index contributed by atoms with van der Waals surface area (Å²) in [4.78, 5) is 6.22. The van der Waals surface area contributed by atoms with Gasteiger partial charge in [0, 0.05) is 27.2 Å². The smallest absolute Gasteiger partial charge is 0.382 e. The molecule has 1 unspecified atom stereocenters. The minimum absolute atomic E-state index is 0. The largest absolute Gasteiger partial charge is 0.416 e. The Morgan fingerprint density at radius 2 is 2.11 bits per heavy atom. The van der Waals surface area contributed by atoms with Crippen LogP contribution in [0.4, 0.5) is 13.2 Å². The van der Waals surface area contributed by atoms with Crippen molar-refractivity contribution in [2.45, 2.75) is 12.3 Å². The zero-order chi connectivity index (χ0) is 19.7. The van der Waals surface area contributed by atoms with E-state index in [9.17, 15) is 13.2 Å². The van der Waals surface area contributed by atoms with Crippen LogP contribution >= 0.6 is 24.0 Å². The number of guanidine groups is 1. The van der Waals surface area contributed by atoms with Crippen LogP contribution in [-0.4, -0.2) is 71.1 Å². The van der Waals surface area contributed by atoms with Crippen molar-refractivity contribution in [3.05, 3.63) is 35.4 Å². The second kappa shape index (κ2) is 12.5. The Hall–Kier alpha value is -1.11. The molecule has 2 rings (SSSR count). The number of hydrogen-bond donors (Lipinski definition) is 1. The molecule has 10 heteroatoms. The van der Waals surface area contributed by atoms with E-state index in [0.29, 0.717) is 57.6 Å². The van der Waals surface area contributed by atoms with Crippen LogP contribution in [0.2, 0.25) is 0 Å². The Labute approximate surface area is 180 Å². The summed E-state index contributed by atoms with van der Waals surface area (Å²) in [6.07, 6.45) is -4.82. The minimum Gasteiger partial charge on any atom is -0.382 e. The van der Waals surface area contributed by atoms with Crippen molar-refractivity contribution >= 4 is 29.9 Å². The Kier molecular flexibility index (Phi) is 11.1. The zero-order valence-electron chi connectivity index (χ0n) is 16.0. The Morgan fingerprint density at radius 1 is 1.32 bits per heavy atom. The van der Waals surface area contributed by atoms with Crippen LogP contribution in [0.1, 0.15) is 17.2 Å². The molecule has 1 N–H and O–H groups in total. The van der Waals surface area contributed by atoms with Gasteiger partial charge in [0.2, 0.25) is 0 Å². The predicted molar refractivity (Wildman–Crippen MR) is 111 cm³/mol. The van der Waals surface area contributed by atoms with Gasteiger partial charge in [-0.15, -0.1) is 24.0 Å². The number of aliphatic imine (C=N–C) groups is 1. The number of nitrogens with zero attached hydrogens (tertiary/aromatic N) is 2. The molecule has 0 bridgehead atoms. The number of hydrogen-bond acceptors (Lipinski definition) is 4. The number of nitrogens with one attached hydrogen (secondary N) is 1. The summed E-state index contributed by atoms with van der Waals surface area (Å²) in [5, 5.41) is 3.20. The maximum absolute atomic E-state index is 12.9. The van der Waals surface area contributed by atoms with Gasteiger partial charge >= 0.3 is 6.18 Å². The molecule has 28 heavy (non-hydrogen) atoms. The lowest BCUT2D eigenvalue weighted by Gasteiger charge is -2.35. The fraction of sp³-hybridized carbons (Fsp3) is 0.611. The van der Waals surface area contributed by atoms with Crippen LogP contribution in [0.15, 0.2) is 29.3 Å². The average Bonchev–Trinajstić information content (AvgIpc) is 2.67. The first-order valence-electron chi connectivity index (χ1n) is 8.76. The van der Waals surface area contributed by atoms with E-state index in [-0.39, 0.29) is 24.0 Å². The number of alkyl halides is 3. The SMILES string of the molecule is CN=C(NCCOCCOC)N1CCOC(c2cccc(C(F)(F)F)c2)C1.I. The molecule has 1 fully saturated rings. The van der Waals surface area contributed by atoms with Crippen LogP contribution in [0.5, 0.6) is 0 Å². The third kappa shape index (κ3) is 7.72. The molecule has 1 aliphatic heterocycles. The van der Waals surface area contributed by atoms with Crippen LogP contribution in [0.25, 0.3) is 0 Å². The molecule has 6 nitrogen and oxygen atoms in total. The third-order valence-electron chi connectivity index (χ3n) is 4.12. The molecular weight excluding hydrogens is 490 g/mol. The highest BCUT2D eigenvalue weighted by atomic mass is 127. The van der Waals surface area contributed by atoms with Crippen molar-refractivity contribution in [1.29, 1.82) is 0 Å². The summed E-state index contributed by atoms with van der Waals surface area (Å²) in [5.74, 6) is 0.672. The molecule has 0 spiro atoms. The van der Waals surface area contributed by atoms with Crippen molar-refractivity contribution in [2.75, 3.05) is 60.2 Å². The summed E-state index contributed by atoms with van der Waals surface area (Å²) in [7, 11) is 3.28. The van der Waals surface area contributed by atoms with Crippen molar-refractivity contribution in [3.63, 3.8) is 0 Å². The molecule has 0 aromatic heterocycles. The lowest BCUT2D eigenvalue weighted by molar-refractivity contribution is -0.137. The maximum Gasteiger partial charge on any atom is 0.416 e. The molecule has 0 radical (unpaired) electrons. The fourth-order valence-corrected chi connectivity index (χ4v) is 2.77. The summed E-state index contributed by atoms with van der Waals surface area (Å²) in [5.41, 5.74) is -0.163. The van der Waals surface area contributed by atoms with E-state index in [1.807, 2.05) is 4.90 Å². The molecule has 1 aliphatic rings. The Balaban J connectivity index is 0.00000392. The monoisotopic (exact) mass is 517 g/mol. The number of methoxy groups -OCH3 is 1. The quantitative estimate of drug-likeness (QED) is 0.261. The van der Waals surface area contributed by atoms with Gasteiger partial charge in [0.15, 0.2) is 5.96 Å².